The Morgan fingerprint density at radius 3 is 2.64 bits per heavy atom. The Kier molecular flexibility index (Phi) is 4.95. The molecule has 2 N–H and O–H groups in total. The standard InChI is InChI=1S/C20H26N2O3/c1-13(2)9-17-21-14(3)18(25-17)19(24)22-16-10-20(11-16,12-23)15-7-5-4-6-8-15/h4-8,13,16,23H,9-12H2,1-3H3,(H,22,24). The molecule has 1 saturated carbocycles. The Labute approximate surface area is 148 Å². The Morgan fingerprint density at radius 1 is 1.36 bits per heavy atom. The van der Waals surface area contributed by atoms with Gasteiger partial charge in [-0.3, -0.25) is 4.79 Å². The van der Waals surface area contributed by atoms with E-state index in [1.165, 1.54) is 0 Å². The first-order valence-corrected chi connectivity index (χ1v) is 8.87. The summed E-state index contributed by atoms with van der Waals surface area (Å²) in [6, 6.07) is 10.0. The van der Waals surface area contributed by atoms with Gasteiger partial charge in [-0.2, -0.15) is 0 Å². The zero-order valence-corrected chi connectivity index (χ0v) is 15.1. The van der Waals surface area contributed by atoms with Crippen molar-refractivity contribution in [3.8, 4) is 0 Å². The molecular weight excluding hydrogens is 316 g/mol. The van der Waals surface area contributed by atoms with Gasteiger partial charge >= 0.3 is 0 Å². The molecule has 0 aliphatic heterocycles. The van der Waals surface area contributed by atoms with Crippen LogP contribution in [0.5, 0.6) is 0 Å². The predicted octanol–water partition coefficient (Wildman–Crippen LogP) is 3.00. The molecule has 0 radical (unpaired) electrons. The largest absolute Gasteiger partial charge is 0.435 e. The number of carbonyl (C=O) groups is 1. The number of aryl methyl sites for hydroxylation is 1. The lowest BCUT2D eigenvalue weighted by Gasteiger charge is -2.47. The van der Waals surface area contributed by atoms with Gasteiger partial charge in [0.25, 0.3) is 5.91 Å². The van der Waals surface area contributed by atoms with E-state index < -0.39 is 0 Å². The number of carbonyl (C=O) groups excluding carboxylic acids is 1. The van der Waals surface area contributed by atoms with Crippen LogP contribution in [0.3, 0.4) is 0 Å². The zero-order chi connectivity index (χ0) is 18.0. The zero-order valence-electron chi connectivity index (χ0n) is 15.1. The molecule has 0 atom stereocenters. The summed E-state index contributed by atoms with van der Waals surface area (Å²) in [6.07, 6.45) is 2.18. The molecule has 1 aromatic carbocycles. The average Bonchev–Trinajstić information content (AvgIpc) is 2.91. The molecule has 2 aromatic rings. The Hall–Kier alpha value is -2.14. The van der Waals surface area contributed by atoms with Gasteiger partial charge < -0.3 is 14.8 Å². The highest BCUT2D eigenvalue weighted by Gasteiger charge is 2.46. The molecule has 1 aliphatic rings. The van der Waals surface area contributed by atoms with Crippen LogP contribution in [0.25, 0.3) is 0 Å². The number of benzene rings is 1. The fourth-order valence-electron chi connectivity index (χ4n) is 3.58. The fourth-order valence-corrected chi connectivity index (χ4v) is 3.58. The van der Waals surface area contributed by atoms with Crippen molar-refractivity contribution in [2.75, 3.05) is 6.61 Å². The molecule has 1 fully saturated rings. The summed E-state index contributed by atoms with van der Waals surface area (Å²) in [5.41, 5.74) is 1.50. The van der Waals surface area contributed by atoms with Crippen LogP contribution < -0.4 is 5.32 Å². The lowest BCUT2D eigenvalue weighted by Crippen LogP contribution is -2.55. The number of rotatable bonds is 6. The third-order valence-corrected chi connectivity index (χ3v) is 4.93. The Bertz CT molecular complexity index is 731. The maximum Gasteiger partial charge on any atom is 0.289 e. The van der Waals surface area contributed by atoms with Crippen LogP contribution in [0, 0.1) is 12.8 Å². The molecule has 1 heterocycles. The summed E-state index contributed by atoms with van der Waals surface area (Å²) in [5.74, 6) is 1.12. The van der Waals surface area contributed by atoms with E-state index in [0.717, 1.165) is 24.8 Å². The van der Waals surface area contributed by atoms with Gasteiger partial charge in [0.05, 0.1) is 12.3 Å². The molecule has 25 heavy (non-hydrogen) atoms. The summed E-state index contributed by atoms with van der Waals surface area (Å²) in [5, 5.41) is 12.9. The van der Waals surface area contributed by atoms with Gasteiger partial charge in [0, 0.05) is 17.9 Å². The SMILES string of the molecule is Cc1nc(CC(C)C)oc1C(=O)NC1CC(CO)(c2ccccc2)C1. The van der Waals surface area contributed by atoms with Crippen LogP contribution in [0.4, 0.5) is 0 Å². The quantitative estimate of drug-likeness (QED) is 0.846. The minimum Gasteiger partial charge on any atom is -0.435 e. The second-order valence-corrected chi connectivity index (χ2v) is 7.50. The van der Waals surface area contributed by atoms with Crippen molar-refractivity contribution in [1.82, 2.24) is 10.3 Å². The first-order chi connectivity index (χ1) is 11.9. The van der Waals surface area contributed by atoms with Gasteiger partial charge in [0.15, 0.2) is 5.89 Å². The second kappa shape index (κ2) is 7.00. The monoisotopic (exact) mass is 342 g/mol. The molecular formula is C20H26N2O3. The summed E-state index contributed by atoms with van der Waals surface area (Å²) in [4.78, 5) is 16.8. The molecule has 1 amide bonds. The van der Waals surface area contributed by atoms with Crippen LogP contribution in [0.1, 0.15) is 54.4 Å². The molecule has 134 valence electrons. The molecule has 0 saturated heterocycles. The van der Waals surface area contributed by atoms with Crippen molar-refractivity contribution in [2.45, 2.75) is 51.5 Å². The number of aromatic nitrogens is 1. The molecule has 0 bridgehead atoms. The average molecular weight is 342 g/mol. The van der Waals surface area contributed by atoms with E-state index in [1.807, 2.05) is 30.3 Å². The molecule has 0 unspecified atom stereocenters. The topological polar surface area (TPSA) is 75.4 Å². The fraction of sp³-hybridized carbons (Fsp3) is 0.500. The molecule has 3 rings (SSSR count). The first kappa shape index (κ1) is 17.7. The van der Waals surface area contributed by atoms with E-state index in [0.29, 0.717) is 23.3 Å². The van der Waals surface area contributed by atoms with Crippen molar-refractivity contribution in [3.05, 3.63) is 53.2 Å². The van der Waals surface area contributed by atoms with Gasteiger partial charge in [0.1, 0.15) is 0 Å². The van der Waals surface area contributed by atoms with Crippen molar-refractivity contribution in [3.63, 3.8) is 0 Å². The van der Waals surface area contributed by atoms with Crippen molar-refractivity contribution < 1.29 is 14.3 Å². The third-order valence-electron chi connectivity index (χ3n) is 4.93. The highest BCUT2D eigenvalue weighted by molar-refractivity contribution is 5.92. The van der Waals surface area contributed by atoms with Gasteiger partial charge in [-0.1, -0.05) is 44.2 Å². The summed E-state index contributed by atoms with van der Waals surface area (Å²) < 4.78 is 5.65. The highest BCUT2D eigenvalue weighted by Crippen LogP contribution is 2.43. The number of aliphatic hydroxyl groups is 1. The van der Waals surface area contributed by atoms with Crippen molar-refractivity contribution >= 4 is 5.91 Å². The van der Waals surface area contributed by atoms with Crippen LogP contribution in [0.2, 0.25) is 0 Å². The number of aliphatic hydroxyl groups excluding tert-OH is 1. The van der Waals surface area contributed by atoms with Gasteiger partial charge in [-0.15, -0.1) is 0 Å². The number of nitrogens with zero attached hydrogens (tertiary/aromatic N) is 1. The van der Waals surface area contributed by atoms with Gasteiger partial charge in [-0.25, -0.2) is 4.98 Å². The van der Waals surface area contributed by atoms with Crippen LogP contribution in [-0.2, 0) is 11.8 Å². The van der Waals surface area contributed by atoms with Crippen molar-refractivity contribution in [1.29, 1.82) is 0 Å². The van der Waals surface area contributed by atoms with Crippen LogP contribution >= 0.6 is 0 Å². The van der Waals surface area contributed by atoms with Gasteiger partial charge in [0.2, 0.25) is 5.76 Å². The lowest BCUT2D eigenvalue weighted by molar-refractivity contribution is 0.0681. The first-order valence-electron chi connectivity index (χ1n) is 8.87. The predicted molar refractivity (Wildman–Crippen MR) is 95.5 cm³/mol. The number of oxazole rings is 1. The Morgan fingerprint density at radius 2 is 2.04 bits per heavy atom. The van der Waals surface area contributed by atoms with Crippen LogP contribution in [-0.4, -0.2) is 28.6 Å². The minimum atomic E-state index is -0.252. The minimum absolute atomic E-state index is 0.0397. The molecule has 1 aromatic heterocycles. The summed E-state index contributed by atoms with van der Waals surface area (Å²) >= 11 is 0. The normalized spacial score (nSPS) is 22.7. The van der Waals surface area contributed by atoms with Crippen LogP contribution in [0.15, 0.2) is 34.7 Å². The lowest BCUT2D eigenvalue weighted by atomic mass is 9.62. The molecule has 5 heteroatoms. The third kappa shape index (κ3) is 3.61. The number of nitrogens with one attached hydrogen (secondary N) is 1. The molecule has 0 spiro atoms. The van der Waals surface area contributed by atoms with E-state index in [4.69, 9.17) is 4.42 Å². The van der Waals surface area contributed by atoms with E-state index >= 15 is 0 Å². The van der Waals surface area contributed by atoms with E-state index in [-0.39, 0.29) is 24.0 Å². The number of amides is 1. The van der Waals surface area contributed by atoms with Gasteiger partial charge in [-0.05, 0) is 31.2 Å². The summed E-state index contributed by atoms with van der Waals surface area (Å²) in [6.45, 7) is 6.06. The van der Waals surface area contributed by atoms with E-state index in [1.54, 1.807) is 6.92 Å². The second-order valence-electron chi connectivity index (χ2n) is 7.50. The summed E-state index contributed by atoms with van der Waals surface area (Å²) in [7, 11) is 0. The van der Waals surface area contributed by atoms with E-state index in [2.05, 4.69) is 24.1 Å². The number of hydrogen-bond donors (Lipinski definition) is 2. The molecule has 5 nitrogen and oxygen atoms in total. The van der Waals surface area contributed by atoms with Crippen molar-refractivity contribution in [2.24, 2.45) is 5.92 Å². The van der Waals surface area contributed by atoms with E-state index in [9.17, 15) is 9.90 Å². The smallest absolute Gasteiger partial charge is 0.289 e. The molecule has 1 aliphatic carbocycles. The maximum absolute atomic E-state index is 12.5. The maximum atomic E-state index is 12.5. The highest BCUT2D eigenvalue weighted by atomic mass is 16.4. The number of hydrogen-bond acceptors (Lipinski definition) is 4. The Balaban J connectivity index is 1.63.